The van der Waals surface area contributed by atoms with E-state index in [9.17, 15) is 0 Å². The Balaban J connectivity index is 2.16. The molecular formula is C18H37NO4Si. The summed E-state index contributed by atoms with van der Waals surface area (Å²) in [5, 5.41) is 3.67. The Kier molecular flexibility index (Phi) is 5.35. The van der Waals surface area contributed by atoms with Crippen LogP contribution >= 0.6 is 0 Å². The number of rotatable bonds is 4. The van der Waals surface area contributed by atoms with E-state index in [1.54, 1.807) is 0 Å². The lowest BCUT2D eigenvalue weighted by Gasteiger charge is -2.40. The molecule has 0 aromatic carbocycles. The fraction of sp³-hybridized carbons (Fsp3) is 1.00. The fourth-order valence-corrected chi connectivity index (χ4v) is 4.10. The SMILES string of the molecule is CC(C)(C)NC[C@H]1O[C@@H]2OC(C)(C)O[C@@H]2[C@H]1O[Si](C)(C)C(C)(C)C. The number of hydrogen-bond donors (Lipinski definition) is 1. The summed E-state index contributed by atoms with van der Waals surface area (Å²) in [5.41, 5.74) is 0.0313. The van der Waals surface area contributed by atoms with Crippen molar-refractivity contribution >= 4 is 8.32 Å². The first-order valence-electron chi connectivity index (χ1n) is 9.05. The van der Waals surface area contributed by atoms with Crippen LogP contribution < -0.4 is 5.32 Å². The second-order valence-corrected chi connectivity index (χ2v) is 14.9. The van der Waals surface area contributed by atoms with Gasteiger partial charge in [-0.05, 0) is 52.8 Å². The Morgan fingerprint density at radius 3 is 2.12 bits per heavy atom. The quantitative estimate of drug-likeness (QED) is 0.777. The van der Waals surface area contributed by atoms with Crippen LogP contribution in [0, 0.1) is 0 Å². The first-order valence-corrected chi connectivity index (χ1v) is 12.0. The Labute approximate surface area is 148 Å². The van der Waals surface area contributed by atoms with Crippen LogP contribution in [-0.4, -0.2) is 50.8 Å². The smallest absolute Gasteiger partial charge is 0.192 e. The van der Waals surface area contributed by atoms with Crippen LogP contribution in [0.3, 0.4) is 0 Å². The number of fused-ring (bicyclic) bond motifs is 1. The van der Waals surface area contributed by atoms with Crippen LogP contribution in [0.1, 0.15) is 55.4 Å². The van der Waals surface area contributed by atoms with Gasteiger partial charge >= 0.3 is 0 Å². The molecule has 0 aromatic rings. The highest BCUT2D eigenvalue weighted by atomic mass is 28.4. The molecule has 1 N–H and O–H groups in total. The molecule has 0 aliphatic carbocycles. The van der Waals surface area contributed by atoms with E-state index in [0.717, 1.165) is 6.54 Å². The standard InChI is InChI=1S/C18H37NO4Si/c1-16(2,3)19-11-12-13(23-24(9,10)17(4,5)6)14-15(20-12)22-18(7,8)21-14/h12-15,19H,11H2,1-10H3/t12-,13+,14-,15-/m1/s1. The van der Waals surface area contributed by atoms with Gasteiger partial charge in [0.2, 0.25) is 0 Å². The van der Waals surface area contributed by atoms with Crippen LogP contribution in [-0.2, 0) is 18.6 Å². The minimum Gasteiger partial charge on any atom is -0.408 e. The summed E-state index contributed by atoms with van der Waals surface area (Å²) in [5.74, 6) is -0.618. The topological polar surface area (TPSA) is 49.0 Å². The highest BCUT2D eigenvalue weighted by Crippen LogP contribution is 2.43. The molecule has 0 spiro atoms. The van der Waals surface area contributed by atoms with Crippen LogP contribution in [0.25, 0.3) is 0 Å². The van der Waals surface area contributed by atoms with Crippen molar-refractivity contribution in [2.24, 2.45) is 0 Å². The monoisotopic (exact) mass is 359 g/mol. The number of nitrogens with one attached hydrogen (secondary N) is 1. The van der Waals surface area contributed by atoms with Crippen LogP contribution in [0.2, 0.25) is 18.1 Å². The zero-order valence-electron chi connectivity index (χ0n) is 17.1. The predicted molar refractivity (Wildman–Crippen MR) is 98.5 cm³/mol. The van der Waals surface area contributed by atoms with Crippen molar-refractivity contribution < 1.29 is 18.6 Å². The van der Waals surface area contributed by atoms with E-state index in [0.29, 0.717) is 0 Å². The van der Waals surface area contributed by atoms with Gasteiger partial charge in [0, 0.05) is 12.1 Å². The van der Waals surface area contributed by atoms with Gasteiger partial charge in [0.15, 0.2) is 20.4 Å². The van der Waals surface area contributed by atoms with E-state index in [1.165, 1.54) is 0 Å². The zero-order chi connectivity index (χ0) is 18.6. The van der Waals surface area contributed by atoms with Gasteiger partial charge in [-0.2, -0.15) is 0 Å². The Hall–Kier alpha value is 0.0169. The molecule has 2 aliphatic heterocycles. The van der Waals surface area contributed by atoms with E-state index in [1.807, 2.05) is 13.8 Å². The summed E-state index contributed by atoms with van der Waals surface area (Å²) in [4.78, 5) is 0. The van der Waals surface area contributed by atoms with Crippen molar-refractivity contribution in [2.75, 3.05) is 6.54 Å². The summed E-state index contributed by atoms with van der Waals surface area (Å²) in [6.45, 7) is 22.4. The van der Waals surface area contributed by atoms with Crippen molar-refractivity contribution in [1.29, 1.82) is 0 Å². The fourth-order valence-electron chi connectivity index (χ4n) is 2.78. The lowest BCUT2D eigenvalue weighted by molar-refractivity contribution is -0.213. The molecule has 142 valence electrons. The van der Waals surface area contributed by atoms with E-state index < -0.39 is 14.1 Å². The normalized spacial score (nSPS) is 33.8. The molecule has 2 saturated heterocycles. The third-order valence-corrected chi connectivity index (χ3v) is 9.63. The molecule has 24 heavy (non-hydrogen) atoms. The van der Waals surface area contributed by atoms with E-state index >= 15 is 0 Å². The molecule has 0 saturated carbocycles. The van der Waals surface area contributed by atoms with Gasteiger partial charge in [-0.3, -0.25) is 0 Å². The molecule has 2 aliphatic rings. The van der Waals surface area contributed by atoms with Crippen LogP contribution in [0.4, 0.5) is 0 Å². The molecule has 2 heterocycles. The van der Waals surface area contributed by atoms with Crippen LogP contribution in [0.15, 0.2) is 0 Å². The Morgan fingerprint density at radius 1 is 1.04 bits per heavy atom. The predicted octanol–water partition coefficient (Wildman–Crippen LogP) is 3.64. The maximum Gasteiger partial charge on any atom is 0.192 e. The molecular weight excluding hydrogens is 322 g/mol. The van der Waals surface area contributed by atoms with Crippen molar-refractivity contribution in [1.82, 2.24) is 5.32 Å². The van der Waals surface area contributed by atoms with Gasteiger partial charge in [-0.15, -0.1) is 0 Å². The summed E-state index contributed by atoms with van der Waals surface area (Å²) in [7, 11) is -1.94. The molecule has 0 bridgehead atoms. The van der Waals surface area contributed by atoms with Gasteiger partial charge in [0.05, 0.1) is 0 Å². The zero-order valence-corrected chi connectivity index (χ0v) is 18.1. The lowest BCUT2D eigenvalue weighted by Crippen LogP contribution is -2.52. The maximum absolute atomic E-state index is 6.72. The Bertz CT molecular complexity index is 453. The summed E-state index contributed by atoms with van der Waals surface area (Å²) in [6, 6.07) is 0. The van der Waals surface area contributed by atoms with Gasteiger partial charge < -0.3 is 24.0 Å². The highest BCUT2D eigenvalue weighted by Gasteiger charge is 2.57. The number of ether oxygens (including phenoxy) is 3. The van der Waals surface area contributed by atoms with Gasteiger partial charge in [-0.1, -0.05) is 20.8 Å². The molecule has 0 aromatic heterocycles. The third-order valence-electron chi connectivity index (χ3n) is 5.16. The summed E-state index contributed by atoms with van der Waals surface area (Å²) in [6.07, 6.45) is -0.681. The van der Waals surface area contributed by atoms with Crippen molar-refractivity contribution in [3.8, 4) is 0 Å². The molecule has 0 radical (unpaired) electrons. The minimum atomic E-state index is -1.94. The lowest BCUT2D eigenvalue weighted by atomic mass is 10.1. The minimum absolute atomic E-state index is 0.0313. The number of hydrogen-bond acceptors (Lipinski definition) is 5. The molecule has 0 amide bonds. The van der Waals surface area contributed by atoms with Crippen LogP contribution in [0.5, 0.6) is 0 Å². The molecule has 6 heteroatoms. The van der Waals surface area contributed by atoms with Crippen molar-refractivity contribution in [2.45, 2.75) is 109 Å². The average Bonchev–Trinajstić information content (AvgIpc) is 2.78. The third kappa shape index (κ3) is 4.59. The molecule has 2 rings (SSSR count). The maximum atomic E-state index is 6.72. The second kappa shape index (κ2) is 6.32. The molecule has 5 nitrogen and oxygen atoms in total. The van der Waals surface area contributed by atoms with Crippen molar-refractivity contribution in [3.63, 3.8) is 0 Å². The largest absolute Gasteiger partial charge is 0.408 e. The van der Waals surface area contributed by atoms with Gasteiger partial charge in [0.1, 0.15) is 18.3 Å². The van der Waals surface area contributed by atoms with E-state index in [-0.39, 0.29) is 35.2 Å². The first-order chi connectivity index (χ1) is 10.6. The molecule has 2 fully saturated rings. The van der Waals surface area contributed by atoms with Gasteiger partial charge in [0.25, 0.3) is 0 Å². The van der Waals surface area contributed by atoms with Gasteiger partial charge in [-0.25, -0.2) is 0 Å². The van der Waals surface area contributed by atoms with Crippen molar-refractivity contribution in [3.05, 3.63) is 0 Å². The van der Waals surface area contributed by atoms with E-state index in [4.69, 9.17) is 18.6 Å². The Morgan fingerprint density at radius 2 is 1.62 bits per heavy atom. The first kappa shape index (κ1) is 20.3. The highest BCUT2D eigenvalue weighted by molar-refractivity contribution is 6.74. The average molecular weight is 360 g/mol. The second-order valence-electron chi connectivity index (χ2n) is 10.1. The molecule has 0 unspecified atom stereocenters. The summed E-state index contributed by atoms with van der Waals surface area (Å²) >= 11 is 0. The van der Waals surface area contributed by atoms with E-state index in [2.05, 4.69) is 60.0 Å². The summed E-state index contributed by atoms with van der Waals surface area (Å²) < 4.78 is 24.9. The molecule has 4 atom stereocenters.